The zero-order chi connectivity index (χ0) is 18.5. The highest BCUT2D eigenvalue weighted by molar-refractivity contribution is 6.30. The molecule has 0 saturated heterocycles. The summed E-state index contributed by atoms with van der Waals surface area (Å²) >= 11 is 5.87. The molecule has 0 aliphatic heterocycles. The quantitative estimate of drug-likeness (QED) is 0.691. The minimum atomic E-state index is -0.282. The SMILES string of the molecule is Cc1ccc(C)c(NC(=O)c2cnc(NCc3ccc(Cl)cc3)cn2)c1. The summed E-state index contributed by atoms with van der Waals surface area (Å²) in [5.41, 5.74) is 4.20. The highest BCUT2D eigenvalue weighted by Crippen LogP contribution is 2.17. The highest BCUT2D eigenvalue weighted by atomic mass is 35.5. The topological polar surface area (TPSA) is 66.9 Å². The monoisotopic (exact) mass is 366 g/mol. The number of aryl methyl sites for hydroxylation is 2. The number of aromatic nitrogens is 2. The Balaban J connectivity index is 1.62. The largest absolute Gasteiger partial charge is 0.365 e. The summed E-state index contributed by atoms with van der Waals surface area (Å²) in [5.74, 6) is 0.318. The molecule has 1 heterocycles. The normalized spacial score (nSPS) is 10.4. The van der Waals surface area contributed by atoms with Gasteiger partial charge in [-0.15, -0.1) is 0 Å². The van der Waals surface area contributed by atoms with E-state index >= 15 is 0 Å². The molecular formula is C20H19ClN4O. The molecule has 26 heavy (non-hydrogen) atoms. The third-order valence-electron chi connectivity index (χ3n) is 3.91. The molecule has 0 saturated carbocycles. The lowest BCUT2D eigenvalue weighted by molar-refractivity contribution is 0.102. The first-order valence-corrected chi connectivity index (χ1v) is 8.58. The molecule has 2 N–H and O–H groups in total. The van der Waals surface area contributed by atoms with E-state index in [-0.39, 0.29) is 11.6 Å². The van der Waals surface area contributed by atoms with E-state index in [4.69, 9.17) is 11.6 Å². The zero-order valence-corrected chi connectivity index (χ0v) is 15.3. The molecule has 132 valence electrons. The molecule has 0 unspecified atom stereocenters. The lowest BCUT2D eigenvalue weighted by Crippen LogP contribution is -2.15. The molecule has 0 radical (unpaired) electrons. The van der Waals surface area contributed by atoms with Crippen LogP contribution in [0.25, 0.3) is 0 Å². The molecule has 3 aromatic rings. The third kappa shape index (κ3) is 4.58. The number of benzene rings is 2. The summed E-state index contributed by atoms with van der Waals surface area (Å²) in [5, 5.41) is 6.74. The Bertz CT molecular complexity index is 908. The Kier molecular flexibility index (Phi) is 5.49. The van der Waals surface area contributed by atoms with E-state index in [2.05, 4.69) is 20.6 Å². The van der Waals surface area contributed by atoms with Crippen LogP contribution >= 0.6 is 11.6 Å². The van der Waals surface area contributed by atoms with Gasteiger partial charge in [0, 0.05) is 17.3 Å². The molecule has 3 rings (SSSR count). The standard InChI is InChI=1S/C20H19ClN4O/c1-13-3-4-14(2)17(9-13)25-20(26)18-11-24-19(12-22-18)23-10-15-5-7-16(21)8-6-15/h3-9,11-12H,10H2,1-2H3,(H,23,24)(H,25,26). The van der Waals surface area contributed by atoms with E-state index in [1.807, 2.05) is 56.3 Å². The molecule has 0 atom stereocenters. The van der Waals surface area contributed by atoms with Gasteiger partial charge in [0.05, 0.1) is 12.4 Å². The van der Waals surface area contributed by atoms with E-state index in [1.165, 1.54) is 6.20 Å². The van der Waals surface area contributed by atoms with Gasteiger partial charge >= 0.3 is 0 Å². The van der Waals surface area contributed by atoms with Gasteiger partial charge in [0.25, 0.3) is 5.91 Å². The van der Waals surface area contributed by atoms with E-state index in [9.17, 15) is 4.79 Å². The summed E-state index contributed by atoms with van der Waals surface area (Å²) in [4.78, 5) is 20.8. The highest BCUT2D eigenvalue weighted by Gasteiger charge is 2.10. The van der Waals surface area contributed by atoms with Crippen LogP contribution in [0.3, 0.4) is 0 Å². The molecule has 0 bridgehead atoms. The molecule has 0 spiro atoms. The fourth-order valence-corrected chi connectivity index (χ4v) is 2.51. The van der Waals surface area contributed by atoms with Crippen molar-refractivity contribution in [1.82, 2.24) is 9.97 Å². The van der Waals surface area contributed by atoms with Crippen molar-refractivity contribution in [2.45, 2.75) is 20.4 Å². The van der Waals surface area contributed by atoms with Gasteiger partial charge in [0.15, 0.2) is 0 Å². The van der Waals surface area contributed by atoms with Crippen molar-refractivity contribution in [1.29, 1.82) is 0 Å². The average Bonchev–Trinajstić information content (AvgIpc) is 2.64. The van der Waals surface area contributed by atoms with Crippen LogP contribution in [0.2, 0.25) is 5.02 Å². The Labute approximate surface area is 157 Å². The van der Waals surface area contributed by atoms with Crippen LogP contribution < -0.4 is 10.6 Å². The Hall–Kier alpha value is -2.92. The van der Waals surface area contributed by atoms with E-state index < -0.39 is 0 Å². The predicted molar refractivity (Wildman–Crippen MR) is 105 cm³/mol. The molecular weight excluding hydrogens is 348 g/mol. The fourth-order valence-electron chi connectivity index (χ4n) is 2.39. The minimum Gasteiger partial charge on any atom is -0.365 e. The van der Waals surface area contributed by atoms with Gasteiger partial charge in [-0.2, -0.15) is 0 Å². The lowest BCUT2D eigenvalue weighted by Gasteiger charge is -2.09. The number of anilines is 2. The van der Waals surface area contributed by atoms with Crippen molar-refractivity contribution in [3.63, 3.8) is 0 Å². The van der Waals surface area contributed by atoms with Crippen molar-refractivity contribution < 1.29 is 4.79 Å². The maximum atomic E-state index is 12.4. The maximum absolute atomic E-state index is 12.4. The number of nitrogens with zero attached hydrogens (tertiary/aromatic N) is 2. The average molecular weight is 367 g/mol. The number of carbonyl (C=O) groups excluding carboxylic acids is 1. The van der Waals surface area contributed by atoms with Gasteiger partial charge in [0.1, 0.15) is 11.5 Å². The van der Waals surface area contributed by atoms with Crippen LogP contribution in [0.15, 0.2) is 54.9 Å². The van der Waals surface area contributed by atoms with Crippen LogP contribution in [0.4, 0.5) is 11.5 Å². The van der Waals surface area contributed by atoms with E-state index in [0.717, 1.165) is 22.4 Å². The van der Waals surface area contributed by atoms with Gasteiger partial charge in [0.2, 0.25) is 0 Å². The van der Waals surface area contributed by atoms with Crippen molar-refractivity contribution in [2.75, 3.05) is 10.6 Å². The lowest BCUT2D eigenvalue weighted by atomic mass is 10.1. The van der Waals surface area contributed by atoms with Crippen molar-refractivity contribution in [3.8, 4) is 0 Å². The van der Waals surface area contributed by atoms with Crippen LogP contribution in [0.1, 0.15) is 27.2 Å². The zero-order valence-electron chi connectivity index (χ0n) is 14.6. The Morgan fingerprint density at radius 1 is 1.04 bits per heavy atom. The third-order valence-corrected chi connectivity index (χ3v) is 4.16. The Morgan fingerprint density at radius 3 is 2.50 bits per heavy atom. The second-order valence-electron chi connectivity index (χ2n) is 6.04. The molecule has 1 amide bonds. The first-order valence-electron chi connectivity index (χ1n) is 8.20. The minimum absolute atomic E-state index is 0.267. The van der Waals surface area contributed by atoms with Crippen molar-refractivity contribution >= 4 is 29.0 Å². The van der Waals surface area contributed by atoms with E-state index in [1.54, 1.807) is 6.20 Å². The molecule has 2 aromatic carbocycles. The smallest absolute Gasteiger partial charge is 0.275 e. The Morgan fingerprint density at radius 2 is 1.81 bits per heavy atom. The molecule has 0 aliphatic carbocycles. The van der Waals surface area contributed by atoms with Crippen LogP contribution in [0, 0.1) is 13.8 Å². The summed E-state index contributed by atoms with van der Waals surface area (Å²) < 4.78 is 0. The first kappa shape index (κ1) is 17.9. The summed E-state index contributed by atoms with van der Waals surface area (Å²) in [7, 11) is 0. The van der Waals surface area contributed by atoms with Crippen LogP contribution in [-0.4, -0.2) is 15.9 Å². The van der Waals surface area contributed by atoms with Crippen molar-refractivity contribution in [2.24, 2.45) is 0 Å². The van der Waals surface area contributed by atoms with Gasteiger partial charge in [-0.1, -0.05) is 35.9 Å². The molecule has 6 heteroatoms. The van der Waals surface area contributed by atoms with Crippen LogP contribution in [0.5, 0.6) is 0 Å². The van der Waals surface area contributed by atoms with E-state index in [0.29, 0.717) is 17.4 Å². The van der Waals surface area contributed by atoms with Crippen LogP contribution in [-0.2, 0) is 6.54 Å². The number of hydrogen-bond acceptors (Lipinski definition) is 4. The molecule has 0 fully saturated rings. The van der Waals surface area contributed by atoms with Gasteiger partial charge in [-0.25, -0.2) is 9.97 Å². The number of halogens is 1. The van der Waals surface area contributed by atoms with Crippen molar-refractivity contribution in [3.05, 3.63) is 82.3 Å². The molecule has 5 nitrogen and oxygen atoms in total. The predicted octanol–water partition coefficient (Wildman–Crippen LogP) is 4.61. The second kappa shape index (κ2) is 7.97. The summed E-state index contributed by atoms with van der Waals surface area (Å²) in [6.07, 6.45) is 3.01. The van der Waals surface area contributed by atoms with Gasteiger partial charge < -0.3 is 10.6 Å². The second-order valence-corrected chi connectivity index (χ2v) is 6.48. The number of carbonyl (C=O) groups is 1. The summed E-state index contributed by atoms with van der Waals surface area (Å²) in [6, 6.07) is 13.5. The number of amides is 1. The number of nitrogens with one attached hydrogen (secondary N) is 2. The molecule has 0 aliphatic rings. The summed E-state index contributed by atoms with van der Waals surface area (Å²) in [6.45, 7) is 4.53. The van der Waals surface area contributed by atoms with Gasteiger partial charge in [-0.3, -0.25) is 4.79 Å². The molecule has 1 aromatic heterocycles. The number of hydrogen-bond donors (Lipinski definition) is 2. The van der Waals surface area contributed by atoms with Gasteiger partial charge in [-0.05, 0) is 48.7 Å². The fraction of sp³-hybridized carbons (Fsp3) is 0.150. The maximum Gasteiger partial charge on any atom is 0.275 e. The first-order chi connectivity index (χ1) is 12.5. The number of rotatable bonds is 5.